The summed E-state index contributed by atoms with van der Waals surface area (Å²) in [6, 6.07) is 0. The first-order valence-corrected chi connectivity index (χ1v) is 6.41. The molecule has 0 unspecified atom stereocenters. The van der Waals surface area contributed by atoms with Crippen LogP contribution >= 0.6 is 0 Å². The van der Waals surface area contributed by atoms with Gasteiger partial charge in [-0.2, -0.15) is 0 Å². The predicted molar refractivity (Wildman–Crippen MR) is 60.7 cm³/mol. The molecule has 1 heterocycles. The van der Waals surface area contributed by atoms with Crippen molar-refractivity contribution in [1.29, 1.82) is 0 Å². The Kier molecular flexibility index (Phi) is 5.98. The third-order valence-corrected chi connectivity index (χ3v) is 2.46. The lowest BCUT2D eigenvalue weighted by atomic mass is 10.4. The summed E-state index contributed by atoms with van der Waals surface area (Å²) in [5, 5.41) is 0. The Morgan fingerprint density at radius 3 is 2.25 bits per heavy atom. The monoisotopic (exact) mass is 246 g/mol. The molecule has 0 amide bonds. The van der Waals surface area contributed by atoms with E-state index in [2.05, 4.69) is 30.6 Å². The second-order valence-corrected chi connectivity index (χ2v) is 4.97. The van der Waals surface area contributed by atoms with E-state index in [9.17, 15) is 13.0 Å². The highest BCUT2D eigenvalue weighted by molar-refractivity contribution is 7.85. The van der Waals surface area contributed by atoms with Crippen LogP contribution in [0.25, 0.3) is 0 Å². The summed E-state index contributed by atoms with van der Waals surface area (Å²) < 4.78 is 33.6. The van der Waals surface area contributed by atoms with E-state index < -0.39 is 15.9 Å². The number of imidazole rings is 1. The van der Waals surface area contributed by atoms with Crippen molar-refractivity contribution in [1.82, 2.24) is 4.57 Å². The first kappa shape index (κ1) is 14.9. The number of aromatic nitrogens is 2. The van der Waals surface area contributed by atoms with Crippen molar-refractivity contribution < 1.29 is 17.5 Å². The third kappa shape index (κ3) is 8.19. The Labute approximate surface area is 96.8 Å². The zero-order chi connectivity index (χ0) is 12.8. The molecule has 0 bridgehead atoms. The molecule has 0 saturated carbocycles. The average Bonchev–Trinajstić information content (AvgIpc) is 2.47. The van der Waals surface area contributed by atoms with Crippen molar-refractivity contribution in [3.05, 3.63) is 30.9 Å². The molecule has 0 aromatic carbocycles. The van der Waals surface area contributed by atoms with Crippen molar-refractivity contribution in [3.63, 3.8) is 0 Å². The lowest BCUT2D eigenvalue weighted by Gasteiger charge is -2.03. The summed E-state index contributed by atoms with van der Waals surface area (Å²) in [5.41, 5.74) is 0.375. The SMILES string of the molecule is C=C(C)CS(=O)(=O)[O-].CC[n+]1ccn(C)c1. The summed E-state index contributed by atoms with van der Waals surface area (Å²) in [7, 11) is -2.05. The minimum absolute atomic E-state index is 0.375. The number of hydrogen-bond acceptors (Lipinski definition) is 3. The van der Waals surface area contributed by atoms with Gasteiger partial charge in [0.15, 0.2) is 0 Å². The van der Waals surface area contributed by atoms with Crippen molar-refractivity contribution in [2.45, 2.75) is 20.4 Å². The normalized spacial score (nSPS) is 10.5. The van der Waals surface area contributed by atoms with E-state index in [0.717, 1.165) is 6.54 Å². The summed E-state index contributed by atoms with van der Waals surface area (Å²) in [5.74, 6) is -0.451. The third-order valence-electron chi connectivity index (χ3n) is 1.61. The zero-order valence-electron chi connectivity index (χ0n) is 9.88. The van der Waals surface area contributed by atoms with E-state index in [4.69, 9.17) is 0 Å². The molecule has 0 saturated heterocycles. The van der Waals surface area contributed by atoms with Gasteiger partial charge in [-0.3, -0.25) is 0 Å². The molecule has 1 aromatic rings. The predicted octanol–water partition coefficient (Wildman–Crippen LogP) is 0.440. The molecule has 0 radical (unpaired) electrons. The molecular weight excluding hydrogens is 228 g/mol. The fraction of sp³-hybridized carbons (Fsp3) is 0.500. The van der Waals surface area contributed by atoms with E-state index in [-0.39, 0.29) is 0 Å². The maximum atomic E-state index is 9.83. The first-order chi connectivity index (χ1) is 7.24. The minimum Gasteiger partial charge on any atom is -0.748 e. The fourth-order valence-corrected chi connectivity index (χ4v) is 1.59. The van der Waals surface area contributed by atoms with Crippen molar-refractivity contribution >= 4 is 10.1 Å². The Bertz CT molecular complexity index is 435. The smallest absolute Gasteiger partial charge is 0.243 e. The molecule has 0 N–H and O–H groups in total. The summed E-state index contributed by atoms with van der Waals surface area (Å²) in [6.45, 7) is 7.94. The maximum Gasteiger partial charge on any atom is 0.243 e. The van der Waals surface area contributed by atoms with Crippen LogP contribution in [-0.4, -0.2) is 23.3 Å². The van der Waals surface area contributed by atoms with Crippen LogP contribution < -0.4 is 4.57 Å². The Morgan fingerprint density at radius 1 is 1.56 bits per heavy atom. The van der Waals surface area contributed by atoms with Gasteiger partial charge in [-0.1, -0.05) is 12.2 Å². The van der Waals surface area contributed by atoms with Crippen molar-refractivity contribution in [3.8, 4) is 0 Å². The molecule has 0 atom stereocenters. The van der Waals surface area contributed by atoms with Crippen LogP contribution in [0.15, 0.2) is 30.9 Å². The molecule has 1 aromatic heterocycles. The van der Waals surface area contributed by atoms with Gasteiger partial charge >= 0.3 is 0 Å². The van der Waals surface area contributed by atoms with Crippen LogP contribution in [0, 0.1) is 0 Å². The lowest BCUT2D eigenvalue weighted by molar-refractivity contribution is -0.693. The first-order valence-electron chi connectivity index (χ1n) is 4.83. The minimum atomic E-state index is -4.07. The van der Waals surface area contributed by atoms with Gasteiger partial charge in [-0.15, -0.1) is 0 Å². The molecule has 1 rings (SSSR count). The molecule has 0 aliphatic rings. The molecular formula is C10H18N2O3S. The Morgan fingerprint density at radius 2 is 2.12 bits per heavy atom. The van der Waals surface area contributed by atoms with E-state index in [1.54, 1.807) is 0 Å². The van der Waals surface area contributed by atoms with Crippen LogP contribution in [-0.2, 0) is 23.7 Å². The zero-order valence-corrected chi connectivity index (χ0v) is 10.7. The molecule has 5 nitrogen and oxygen atoms in total. The average molecular weight is 246 g/mol. The molecule has 0 fully saturated rings. The number of aryl methyl sites for hydroxylation is 2. The van der Waals surface area contributed by atoms with Gasteiger partial charge in [0.05, 0.1) is 29.5 Å². The van der Waals surface area contributed by atoms with Gasteiger partial charge in [0, 0.05) is 0 Å². The van der Waals surface area contributed by atoms with Crippen LogP contribution in [0.1, 0.15) is 13.8 Å². The van der Waals surface area contributed by atoms with E-state index in [0.29, 0.717) is 5.57 Å². The second-order valence-electron chi connectivity index (χ2n) is 3.57. The molecule has 0 aliphatic heterocycles. The maximum absolute atomic E-state index is 9.83. The van der Waals surface area contributed by atoms with E-state index in [1.165, 1.54) is 6.92 Å². The highest BCUT2D eigenvalue weighted by atomic mass is 32.2. The molecule has 6 heteroatoms. The summed E-state index contributed by atoms with van der Waals surface area (Å²) in [4.78, 5) is 0. The summed E-state index contributed by atoms with van der Waals surface area (Å²) >= 11 is 0. The lowest BCUT2D eigenvalue weighted by Crippen LogP contribution is -2.28. The van der Waals surface area contributed by atoms with Gasteiger partial charge in [0.1, 0.15) is 12.4 Å². The van der Waals surface area contributed by atoms with Gasteiger partial charge in [-0.05, 0) is 13.8 Å². The quantitative estimate of drug-likeness (QED) is 0.441. The van der Waals surface area contributed by atoms with E-state index in [1.807, 2.05) is 17.8 Å². The highest BCUT2D eigenvalue weighted by Crippen LogP contribution is 1.91. The Balaban J connectivity index is 0.000000281. The van der Waals surface area contributed by atoms with Crippen molar-refractivity contribution in [2.24, 2.45) is 7.05 Å². The molecule has 92 valence electrons. The largest absolute Gasteiger partial charge is 0.748 e. The van der Waals surface area contributed by atoms with Crippen LogP contribution in [0.4, 0.5) is 0 Å². The van der Waals surface area contributed by atoms with Crippen LogP contribution in [0.2, 0.25) is 0 Å². The topological polar surface area (TPSA) is 66.0 Å². The fourth-order valence-electron chi connectivity index (χ4n) is 0.991. The summed E-state index contributed by atoms with van der Waals surface area (Å²) in [6.07, 6.45) is 6.14. The molecule has 0 spiro atoms. The van der Waals surface area contributed by atoms with E-state index >= 15 is 0 Å². The Hall–Kier alpha value is -1.14. The van der Waals surface area contributed by atoms with Gasteiger partial charge in [0.2, 0.25) is 6.33 Å². The number of hydrogen-bond donors (Lipinski definition) is 0. The standard InChI is InChI=1S/C6H11N2.C4H8O3S/c1-3-8-5-4-7(2)6-8;1-4(2)3-8(5,6)7/h4-6H,3H2,1-2H3;1,3H2,2H3,(H,5,6,7)/q+1;/p-1. The van der Waals surface area contributed by atoms with Gasteiger partial charge in [0.25, 0.3) is 0 Å². The second kappa shape index (κ2) is 6.44. The highest BCUT2D eigenvalue weighted by Gasteiger charge is 1.92. The van der Waals surface area contributed by atoms with Gasteiger partial charge in [-0.25, -0.2) is 17.6 Å². The van der Waals surface area contributed by atoms with Crippen LogP contribution in [0.5, 0.6) is 0 Å². The van der Waals surface area contributed by atoms with Gasteiger partial charge < -0.3 is 4.55 Å². The molecule has 0 aliphatic carbocycles. The molecule has 16 heavy (non-hydrogen) atoms. The number of rotatable bonds is 3. The van der Waals surface area contributed by atoms with Crippen LogP contribution in [0.3, 0.4) is 0 Å². The van der Waals surface area contributed by atoms with Crippen molar-refractivity contribution in [2.75, 3.05) is 5.75 Å². The number of nitrogens with zero attached hydrogens (tertiary/aromatic N) is 2.